The van der Waals surface area contributed by atoms with Gasteiger partial charge in [0, 0.05) is 5.92 Å². The van der Waals surface area contributed by atoms with Crippen molar-refractivity contribution in [2.75, 3.05) is 0 Å². The maximum absolute atomic E-state index is 12.4. The van der Waals surface area contributed by atoms with Crippen molar-refractivity contribution < 1.29 is 19.1 Å². The number of benzene rings is 1. The van der Waals surface area contributed by atoms with Crippen LogP contribution in [0, 0.1) is 6.92 Å². The van der Waals surface area contributed by atoms with Gasteiger partial charge in [-0.2, -0.15) is 0 Å². The van der Waals surface area contributed by atoms with Crippen LogP contribution in [0.25, 0.3) is 0 Å². The van der Waals surface area contributed by atoms with E-state index in [1.807, 2.05) is 13.8 Å². The van der Waals surface area contributed by atoms with Crippen molar-refractivity contribution in [1.82, 2.24) is 5.32 Å². The molecule has 1 unspecified atom stereocenters. The average molecular weight is 301 g/mol. The third-order valence-electron chi connectivity index (χ3n) is 3.41. The zero-order chi connectivity index (χ0) is 16.3. The van der Waals surface area contributed by atoms with Gasteiger partial charge in [0.15, 0.2) is 6.04 Å². The van der Waals surface area contributed by atoms with E-state index in [9.17, 15) is 14.7 Å². The molecule has 22 heavy (non-hydrogen) atoms. The molecule has 2 aromatic rings. The second-order valence-corrected chi connectivity index (χ2v) is 5.43. The predicted octanol–water partition coefficient (Wildman–Crippen LogP) is 3.27. The molecule has 0 radical (unpaired) electrons. The van der Waals surface area contributed by atoms with Crippen molar-refractivity contribution in [1.29, 1.82) is 0 Å². The Morgan fingerprint density at radius 1 is 1.18 bits per heavy atom. The fourth-order valence-corrected chi connectivity index (χ4v) is 2.16. The van der Waals surface area contributed by atoms with E-state index in [1.54, 1.807) is 43.3 Å². The quantitative estimate of drug-likeness (QED) is 0.888. The number of carbonyl (C=O) groups is 2. The fraction of sp³-hybridized carbons (Fsp3) is 0.294. The fourth-order valence-electron chi connectivity index (χ4n) is 2.16. The van der Waals surface area contributed by atoms with Crippen LogP contribution < -0.4 is 5.32 Å². The Balaban J connectivity index is 2.24. The van der Waals surface area contributed by atoms with Crippen molar-refractivity contribution in [3.63, 3.8) is 0 Å². The molecule has 5 heteroatoms. The first-order valence-corrected chi connectivity index (χ1v) is 7.09. The highest BCUT2D eigenvalue weighted by Crippen LogP contribution is 2.22. The molecule has 0 bridgehead atoms. The van der Waals surface area contributed by atoms with E-state index >= 15 is 0 Å². The number of amides is 1. The molecular formula is C17H19NO4. The van der Waals surface area contributed by atoms with Gasteiger partial charge in [-0.15, -0.1) is 0 Å². The number of nitrogens with one attached hydrogen (secondary N) is 1. The molecule has 0 spiro atoms. The van der Waals surface area contributed by atoms with E-state index in [0.717, 1.165) is 0 Å². The minimum absolute atomic E-state index is 0.157. The number of hydrogen-bond donors (Lipinski definition) is 2. The summed E-state index contributed by atoms with van der Waals surface area (Å²) in [7, 11) is 0. The van der Waals surface area contributed by atoms with Crippen molar-refractivity contribution >= 4 is 11.9 Å². The van der Waals surface area contributed by atoms with Gasteiger partial charge >= 0.3 is 5.97 Å². The van der Waals surface area contributed by atoms with E-state index in [-0.39, 0.29) is 5.92 Å². The Labute approximate surface area is 129 Å². The van der Waals surface area contributed by atoms with Crippen LogP contribution in [0.3, 0.4) is 0 Å². The van der Waals surface area contributed by atoms with Gasteiger partial charge < -0.3 is 14.8 Å². The smallest absolute Gasteiger partial charge is 0.330 e. The normalized spacial score (nSPS) is 12.2. The summed E-state index contributed by atoms with van der Waals surface area (Å²) < 4.78 is 5.54. The number of furan rings is 1. The number of aliphatic carboxylic acids is 1. The highest BCUT2D eigenvalue weighted by Gasteiger charge is 2.25. The molecule has 1 amide bonds. The van der Waals surface area contributed by atoms with Crippen LogP contribution in [0.1, 0.15) is 53.2 Å². The summed E-state index contributed by atoms with van der Waals surface area (Å²) >= 11 is 0. The highest BCUT2D eigenvalue weighted by molar-refractivity contribution is 5.97. The lowest BCUT2D eigenvalue weighted by Gasteiger charge is -2.14. The summed E-state index contributed by atoms with van der Waals surface area (Å²) in [6.45, 7) is 5.62. The summed E-state index contributed by atoms with van der Waals surface area (Å²) in [5, 5.41) is 11.9. The molecule has 0 aliphatic heterocycles. The first-order chi connectivity index (χ1) is 10.4. The molecule has 0 saturated heterocycles. The van der Waals surface area contributed by atoms with Gasteiger partial charge in [-0.05, 0) is 18.6 Å². The van der Waals surface area contributed by atoms with E-state index < -0.39 is 17.9 Å². The Morgan fingerprint density at radius 3 is 2.32 bits per heavy atom. The maximum atomic E-state index is 12.4. The van der Waals surface area contributed by atoms with Crippen molar-refractivity contribution in [2.45, 2.75) is 32.7 Å². The second-order valence-electron chi connectivity index (χ2n) is 5.43. The van der Waals surface area contributed by atoms with Crippen molar-refractivity contribution in [2.24, 2.45) is 0 Å². The minimum Gasteiger partial charge on any atom is -0.479 e. The SMILES string of the molecule is Cc1oc(C(C)C)cc1C(=O)NC(C(=O)O)c1ccccc1. The van der Waals surface area contributed by atoms with E-state index in [2.05, 4.69) is 5.32 Å². The van der Waals surface area contributed by atoms with Gasteiger partial charge in [-0.1, -0.05) is 44.2 Å². The lowest BCUT2D eigenvalue weighted by atomic mass is 10.1. The van der Waals surface area contributed by atoms with E-state index in [4.69, 9.17) is 4.42 Å². The van der Waals surface area contributed by atoms with Gasteiger partial charge in [0.2, 0.25) is 0 Å². The number of carboxylic acid groups (broad SMARTS) is 1. The molecular weight excluding hydrogens is 282 g/mol. The molecule has 0 aliphatic rings. The molecule has 0 fully saturated rings. The van der Waals surface area contributed by atoms with E-state index in [1.165, 1.54) is 0 Å². The molecule has 5 nitrogen and oxygen atoms in total. The summed E-state index contributed by atoms with van der Waals surface area (Å²) in [4.78, 5) is 23.8. The molecule has 2 rings (SSSR count). The first kappa shape index (κ1) is 15.8. The standard InChI is InChI=1S/C17H19NO4/c1-10(2)14-9-13(11(3)22-14)16(19)18-15(17(20)21)12-7-5-4-6-8-12/h4-10,15H,1-3H3,(H,18,19)(H,20,21). The highest BCUT2D eigenvalue weighted by atomic mass is 16.4. The Kier molecular flexibility index (Phi) is 4.65. The van der Waals surface area contributed by atoms with Crippen LogP contribution in [0.4, 0.5) is 0 Å². The number of carbonyl (C=O) groups excluding carboxylic acids is 1. The van der Waals surface area contributed by atoms with Crippen LogP contribution in [-0.4, -0.2) is 17.0 Å². The summed E-state index contributed by atoms with van der Waals surface area (Å²) in [6.07, 6.45) is 0. The largest absolute Gasteiger partial charge is 0.479 e. The molecule has 1 heterocycles. The Morgan fingerprint density at radius 2 is 1.82 bits per heavy atom. The first-order valence-electron chi connectivity index (χ1n) is 7.09. The maximum Gasteiger partial charge on any atom is 0.330 e. The zero-order valence-corrected chi connectivity index (χ0v) is 12.8. The van der Waals surface area contributed by atoms with Gasteiger partial charge in [-0.3, -0.25) is 4.79 Å². The van der Waals surface area contributed by atoms with Crippen LogP contribution in [0.5, 0.6) is 0 Å². The van der Waals surface area contributed by atoms with Gasteiger partial charge in [-0.25, -0.2) is 4.79 Å². The third-order valence-corrected chi connectivity index (χ3v) is 3.41. The van der Waals surface area contributed by atoms with Crippen LogP contribution in [0.2, 0.25) is 0 Å². The van der Waals surface area contributed by atoms with Crippen LogP contribution in [0.15, 0.2) is 40.8 Å². The molecule has 1 atom stereocenters. The molecule has 1 aromatic carbocycles. The van der Waals surface area contributed by atoms with E-state index in [0.29, 0.717) is 22.6 Å². The number of carboxylic acids is 1. The Bertz CT molecular complexity index is 673. The third kappa shape index (κ3) is 3.36. The van der Waals surface area contributed by atoms with Crippen LogP contribution in [-0.2, 0) is 4.79 Å². The predicted molar refractivity (Wildman–Crippen MR) is 81.8 cm³/mol. The number of rotatable bonds is 5. The molecule has 0 saturated carbocycles. The van der Waals surface area contributed by atoms with Gasteiger partial charge in [0.05, 0.1) is 5.56 Å². The minimum atomic E-state index is -1.11. The van der Waals surface area contributed by atoms with Gasteiger partial charge in [0.25, 0.3) is 5.91 Å². The molecule has 2 N–H and O–H groups in total. The monoisotopic (exact) mass is 301 g/mol. The topological polar surface area (TPSA) is 79.5 Å². The Hall–Kier alpha value is -2.56. The molecule has 1 aromatic heterocycles. The summed E-state index contributed by atoms with van der Waals surface area (Å²) in [6, 6.07) is 9.17. The second kappa shape index (κ2) is 6.47. The molecule has 0 aliphatic carbocycles. The zero-order valence-electron chi connectivity index (χ0n) is 12.8. The van der Waals surface area contributed by atoms with Crippen molar-refractivity contribution in [3.8, 4) is 0 Å². The number of hydrogen-bond acceptors (Lipinski definition) is 3. The average Bonchev–Trinajstić information content (AvgIpc) is 2.87. The summed E-state index contributed by atoms with van der Waals surface area (Å²) in [5.74, 6) is -0.216. The van der Waals surface area contributed by atoms with Crippen LogP contribution >= 0.6 is 0 Å². The molecule has 116 valence electrons. The van der Waals surface area contributed by atoms with Gasteiger partial charge in [0.1, 0.15) is 11.5 Å². The van der Waals surface area contributed by atoms with Crippen molar-refractivity contribution in [3.05, 3.63) is 59.0 Å². The lowest BCUT2D eigenvalue weighted by molar-refractivity contribution is -0.139. The summed E-state index contributed by atoms with van der Waals surface area (Å²) in [5.41, 5.74) is 0.888. The lowest BCUT2D eigenvalue weighted by Crippen LogP contribution is -2.33. The number of aryl methyl sites for hydroxylation is 1.